The van der Waals surface area contributed by atoms with Gasteiger partial charge in [0.25, 0.3) is 11.6 Å². The van der Waals surface area contributed by atoms with Gasteiger partial charge >= 0.3 is 0 Å². The smallest absolute Gasteiger partial charge is 0.270 e. The molecule has 0 fully saturated rings. The van der Waals surface area contributed by atoms with E-state index in [4.69, 9.17) is 11.6 Å². The lowest BCUT2D eigenvalue weighted by atomic mass is 10.2. The zero-order chi connectivity index (χ0) is 13.5. The van der Waals surface area contributed by atoms with Gasteiger partial charge in [-0.15, -0.1) is 0 Å². The number of nitrogens with zero attached hydrogens (tertiary/aromatic N) is 1. The molecule has 0 aromatic heterocycles. The first-order valence-corrected chi connectivity index (χ1v) is 5.87. The molecule has 98 valence electrons. The maximum Gasteiger partial charge on any atom is 0.270 e. The average molecular weight is 272 g/mol. The lowest BCUT2D eigenvalue weighted by Crippen LogP contribution is -2.31. The number of nitrogens with one attached hydrogen (secondary N) is 2. The lowest BCUT2D eigenvalue weighted by Gasteiger charge is -2.06. The molecule has 0 aliphatic carbocycles. The number of hydrogen-bond acceptors (Lipinski definition) is 4. The van der Waals surface area contributed by atoms with Crippen LogP contribution in [0.4, 0.5) is 5.69 Å². The third-order valence-electron chi connectivity index (χ3n) is 2.25. The van der Waals surface area contributed by atoms with E-state index in [2.05, 4.69) is 10.6 Å². The Labute approximate surface area is 109 Å². The summed E-state index contributed by atoms with van der Waals surface area (Å²) in [5, 5.41) is 16.3. The van der Waals surface area contributed by atoms with E-state index >= 15 is 0 Å². The second-order valence-corrected chi connectivity index (χ2v) is 3.94. The third-order valence-corrected chi connectivity index (χ3v) is 2.56. The molecule has 0 saturated heterocycles. The van der Waals surface area contributed by atoms with Gasteiger partial charge < -0.3 is 10.6 Å². The lowest BCUT2D eigenvalue weighted by molar-refractivity contribution is -0.384. The van der Waals surface area contributed by atoms with Crippen LogP contribution in [-0.4, -0.2) is 30.5 Å². The largest absolute Gasteiger partial charge is 0.351 e. The first kappa shape index (κ1) is 14.4. The van der Waals surface area contributed by atoms with Gasteiger partial charge in [0.15, 0.2) is 0 Å². The molecule has 1 aromatic carbocycles. The number of non-ortho nitro benzene ring substituents is 1. The van der Waals surface area contributed by atoms with Gasteiger partial charge in [-0.3, -0.25) is 14.9 Å². The summed E-state index contributed by atoms with van der Waals surface area (Å²) in [6.07, 6.45) is 0. The van der Waals surface area contributed by atoms with E-state index in [1.807, 2.05) is 6.92 Å². The predicted octanol–water partition coefficient (Wildman–Crippen LogP) is 1.59. The molecule has 6 nitrogen and oxygen atoms in total. The number of hydrogen-bond donors (Lipinski definition) is 2. The van der Waals surface area contributed by atoms with Crippen LogP contribution in [0, 0.1) is 10.1 Å². The van der Waals surface area contributed by atoms with Crippen LogP contribution >= 0.6 is 11.6 Å². The Bertz CT molecular complexity index is 451. The molecule has 18 heavy (non-hydrogen) atoms. The predicted molar refractivity (Wildman–Crippen MR) is 69.0 cm³/mol. The van der Waals surface area contributed by atoms with E-state index in [0.717, 1.165) is 6.54 Å². The molecular formula is C11H14ClN3O3. The van der Waals surface area contributed by atoms with E-state index < -0.39 is 4.92 Å². The third kappa shape index (κ3) is 3.97. The number of nitro benzene ring substituents is 1. The highest BCUT2D eigenvalue weighted by molar-refractivity contribution is 6.34. The fourth-order valence-electron chi connectivity index (χ4n) is 1.34. The fraction of sp³-hybridized carbons (Fsp3) is 0.364. The van der Waals surface area contributed by atoms with Gasteiger partial charge in [0.05, 0.1) is 15.5 Å². The molecule has 7 heteroatoms. The second kappa shape index (κ2) is 6.93. The van der Waals surface area contributed by atoms with Crippen LogP contribution in [0.1, 0.15) is 17.3 Å². The zero-order valence-electron chi connectivity index (χ0n) is 9.90. The number of halogens is 1. The van der Waals surface area contributed by atoms with Gasteiger partial charge in [0.2, 0.25) is 0 Å². The summed E-state index contributed by atoms with van der Waals surface area (Å²) >= 11 is 5.83. The molecule has 0 bridgehead atoms. The normalized spacial score (nSPS) is 10.1. The van der Waals surface area contributed by atoms with Crippen molar-refractivity contribution in [3.05, 3.63) is 38.9 Å². The SMILES string of the molecule is CCNCCNC(=O)c1ccc([N+](=O)[O-])cc1Cl. The molecule has 0 heterocycles. The van der Waals surface area contributed by atoms with Gasteiger partial charge in [-0.2, -0.15) is 0 Å². The Morgan fingerprint density at radius 2 is 2.17 bits per heavy atom. The van der Waals surface area contributed by atoms with Crippen LogP contribution in [0.3, 0.4) is 0 Å². The standard InChI is InChI=1S/C11H14ClN3O3/c1-2-13-5-6-14-11(16)9-4-3-8(15(17)18)7-10(9)12/h3-4,7,13H,2,5-6H2,1H3,(H,14,16). The van der Waals surface area contributed by atoms with Crippen molar-refractivity contribution in [2.24, 2.45) is 0 Å². The molecule has 0 saturated carbocycles. The maximum atomic E-state index is 11.7. The number of carbonyl (C=O) groups is 1. The molecule has 0 atom stereocenters. The summed E-state index contributed by atoms with van der Waals surface area (Å²) < 4.78 is 0. The summed E-state index contributed by atoms with van der Waals surface area (Å²) in [6.45, 7) is 3.93. The van der Waals surface area contributed by atoms with Crippen molar-refractivity contribution < 1.29 is 9.72 Å². The number of amides is 1. The molecule has 2 N–H and O–H groups in total. The number of benzene rings is 1. The van der Waals surface area contributed by atoms with Crippen molar-refractivity contribution in [3.8, 4) is 0 Å². The van der Waals surface area contributed by atoms with Crippen LogP contribution in [0.25, 0.3) is 0 Å². The molecule has 1 rings (SSSR count). The number of carbonyl (C=O) groups excluding carboxylic acids is 1. The quantitative estimate of drug-likeness (QED) is 0.467. The summed E-state index contributed by atoms with van der Waals surface area (Å²) in [4.78, 5) is 21.7. The van der Waals surface area contributed by atoms with Gasteiger partial charge in [0, 0.05) is 25.2 Å². The highest BCUT2D eigenvalue weighted by atomic mass is 35.5. The highest BCUT2D eigenvalue weighted by Gasteiger charge is 2.14. The van der Waals surface area contributed by atoms with Crippen LogP contribution in [-0.2, 0) is 0 Å². The van der Waals surface area contributed by atoms with Crippen molar-refractivity contribution in [2.45, 2.75) is 6.92 Å². The number of nitro groups is 1. The Balaban J connectivity index is 2.66. The van der Waals surface area contributed by atoms with Crippen molar-refractivity contribution in [1.29, 1.82) is 0 Å². The molecule has 0 aliphatic rings. The summed E-state index contributed by atoms with van der Waals surface area (Å²) in [5.41, 5.74) is 0.1000. The first-order chi connectivity index (χ1) is 8.56. The van der Waals surface area contributed by atoms with E-state index in [9.17, 15) is 14.9 Å². The molecule has 0 aliphatic heterocycles. The highest BCUT2D eigenvalue weighted by Crippen LogP contribution is 2.22. The molecule has 0 spiro atoms. The Kier molecular flexibility index (Phi) is 5.54. The van der Waals surface area contributed by atoms with Crippen LogP contribution in [0.5, 0.6) is 0 Å². The minimum atomic E-state index is -0.557. The first-order valence-electron chi connectivity index (χ1n) is 5.49. The zero-order valence-corrected chi connectivity index (χ0v) is 10.7. The fourth-order valence-corrected chi connectivity index (χ4v) is 1.60. The average Bonchev–Trinajstić information content (AvgIpc) is 2.34. The minimum absolute atomic E-state index is 0.0742. The second-order valence-electron chi connectivity index (χ2n) is 3.53. The van der Waals surface area contributed by atoms with Gasteiger partial charge in [-0.25, -0.2) is 0 Å². The van der Waals surface area contributed by atoms with E-state index in [-0.39, 0.29) is 22.2 Å². The van der Waals surface area contributed by atoms with Crippen molar-refractivity contribution >= 4 is 23.2 Å². The van der Waals surface area contributed by atoms with Gasteiger partial charge in [-0.1, -0.05) is 18.5 Å². The van der Waals surface area contributed by atoms with E-state index in [1.165, 1.54) is 18.2 Å². The monoisotopic (exact) mass is 271 g/mol. The van der Waals surface area contributed by atoms with E-state index in [1.54, 1.807) is 0 Å². The molecule has 0 radical (unpaired) electrons. The van der Waals surface area contributed by atoms with Crippen LogP contribution in [0.2, 0.25) is 5.02 Å². The molecular weight excluding hydrogens is 258 g/mol. The Morgan fingerprint density at radius 3 is 2.72 bits per heavy atom. The summed E-state index contributed by atoms with van der Waals surface area (Å²) in [6, 6.07) is 3.77. The van der Waals surface area contributed by atoms with Crippen molar-refractivity contribution in [2.75, 3.05) is 19.6 Å². The van der Waals surface area contributed by atoms with Gasteiger partial charge in [0.1, 0.15) is 0 Å². The molecule has 1 amide bonds. The van der Waals surface area contributed by atoms with Gasteiger partial charge in [-0.05, 0) is 12.6 Å². The van der Waals surface area contributed by atoms with Crippen LogP contribution < -0.4 is 10.6 Å². The van der Waals surface area contributed by atoms with E-state index in [0.29, 0.717) is 13.1 Å². The molecule has 0 unspecified atom stereocenters. The van der Waals surface area contributed by atoms with Crippen LogP contribution in [0.15, 0.2) is 18.2 Å². The number of rotatable bonds is 6. The Morgan fingerprint density at radius 1 is 1.44 bits per heavy atom. The summed E-state index contributed by atoms with van der Waals surface area (Å²) in [7, 11) is 0. The minimum Gasteiger partial charge on any atom is -0.351 e. The van der Waals surface area contributed by atoms with Crippen molar-refractivity contribution in [3.63, 3.8) is 0 Å². The number of likely N-dealkylation sites (N-methyl/N-ethyl adjacent to an activating group) is 1. The molecule has 1 aromatic rings. The maximum absolute atomic E-state index is 11.7. The Hall–Kier alpha value is -1.66. The topological polar surface area (TPSA) is 84.3 Å². The van der Waals surface area contributed by atoms with Crippen molar-refractivity contribution in [1.82, 2.24) is 10.6 Å². The summed E-state index contributed by atoms with van der Waals surface area (Å²) in [5.74, 6) is -0.340.